The minimum Gasteiger partial charge on any atom is -0.480 e. The number of likely N-dealkylation sites (tertiary alicyclic amines) is 1. The highest BCUT2D eigenvalue weighted by molar-refractivity contribution is 5.90. The lowest BCUT2D eigenvalue weighted by atomic mass is 9.90. The van der Waals surface area contributed by atoms with Gasteiger partial charge in [-0.25, -0.2) is 9.59 Å². The molecule has 0 saturated carbocycles. The molecule has 4 unspecified atom stereocenters. The molecule has 3 aromatic carbocycles. The number of carboxylic acid groups (broad SMARTS) is 1. The molecule has 5 rings (SSSR count). The highest BCUT2D eigenvalue weighted by atomic mass is 16.5. The minimum atomic E-state index is -1.12. The van der Waals surface area contributed by atoms with Crippen molar-refractivity contribution in [3.63, 3.8) is 0 Å². The van der Waals surface area contributed by atoms with Crippen molar-refractivity contribution in [2.24, 2.45) is 5.92 Å². The summed E-state index contributed by atoms with van der Waals surface area (Å²) in [6.45, 7) is 4.17. The molecule has 1 aliphatic heterocycles. The number of carboxylic acids is 1. The third-order valence-electron chi connectivity index (χ3n) is 8.18. The first kappa shape index (κ1) is 28.4. The molecule has 8 nitrogen and oxygen atoms in total. The van der Waals surface area contributed by atoms with Gasteiger partial charge in [-0.05, 0) is 53.5 Å². The van der Waals surface area contributed by atoms with E-state index in [9.17, 15) is 19.5 Å². The molecule has 1 heterocycles. The molecule has 4 atom stereocenters. The summed E-state index contributed by atoms with van der Waals surface area (Å²) in [5.74, 6) is -1.88. The van der Waals surface area contributed by atoms with E-state index in [-0.39, 0.29) is 25.0 Å². The lowest BCUT2D eigenvalue weighted by Gasteiger charge is -2.40. The van der Waals surface area contributed by atoms with Gasteiger partial charge in [0, 0.05) is 12.5 Å². The number of piperidine rings is 1. The Kier molecular flexibility index (Phi) is 8.69. The maximum absolute atomic E-state index is 13.8. The Labute approximate surface area is 240 Å². The van der Waals surface area contributed by atoms with Crippen LogP contribution in [0.15, 0.2) is 78.9 Å². The number of nitrogens with zero attached hydrogens (tertiary/aromatic N) is 1. The molecule has 41 heavy (non-hydrogen) atoms. The van der Waals surface area contributed by atoms with Gasteiger partial charge in [-0.3, -0.25) is 4.79 Å². The largest absolute Gasteiger partial charge is 0.480 e. The summed E-state index contributed by atoms with van der Waals surface area (Å²) in [5, 5.41) is 12.6. The molecule has 2 amide bonds. The van der Waals surface area contributed by atoms with Crippen LogP contribution in [-0.4, -0.2) is 59.3 Å². The van der Waals surface area contributed by atoms with Gasteiger partial charge in [0.1, 0.15) is 18.7 Å². The van der Waals surface area contributed by atoms with Gasteiger partial charge in [0.15, 0.2) is 0 Å². The van der Waals surface area contributed by atoms with Crippen LogP contribution in [0.2, 0.25) is 0 Å². The second-order valence-corrected chi connectivity index (χ2v) is 10.9. The third-order valence-corrected chi connectivity index (χ3v) is 8.18. The number of nitrogens with one attached hydrogen (secondary N) is 1. The minimum absolute atomic E-state index is 0.0958. The molecule has 0 radical (unpaired) electrons. The van der Waals surface area contributed by atoms with E-state index < -0.39 is 36.2 Å². The van der Waals surface area contributed by atoms with E-state index in [0.717, 1.165) is 27.8 Å². The zero-order valence-electron chi connectivity index (χ0n) is 23.4. The van der Waals surface area contributed by atoms with Gasteiger partial charge in [-0.1, -0.05) is 85.8 Å². The summed E-state index contributed by atoms with van der Waals surface area (Å²) in [5.41, 5.74) is 5.32. The topological polar surface area (TPSA) is 105 Å². The summed E-state index contributed by atoms with van der Waals surface area (Å²) in [4.78, 5) is 40.5. The number of amides is 2. The van der Waals surface area contributed by atoms with E-state index in [0.29, 0.717) is 19.4 Å². The van der Waals surface area contributed by atoms with Crippen molar-refractivity contribution >= 4 is 18.0 Å². The Hall–Kier alpha value is -4.17. The monoisotopic (exact) mass is 556 g/mol. The fourth-order valence-corrected chi connectivity index (χ4v) is 6.04. The van der Waals surface area contributed by atoms with Gasteiger partial charge in [0.25, 0.3) is 0 Å². The van der Waals surface area contributed by atoms with Crippen LogP contribution in [0.1, 0.15) is 49.3 Å². The van der Waals surface area contributed by atoms with Crippen LogP contribution in [0.4, 0.5) is 4.79 Å². The SMILES string of the molecule is CC1CCCN(C(=O)C(NC(=O)OCC2c3ccccc3-c3ccccc32)C(C)OCc2ccccc2)C1C(=O)O. The first-order valence-corrected chi connectivity index (χ1v) is 14.2. The number of hydrogen-bond acceptors (Lipinski definition) is 5. The van der Waals surface area contributed by atoms with Gasteiger partial charge in [-0.2, -0.15) is 0 Å². The molecule has 214 valence electrons. The number of ether oxygens (including phenoxy) is 2. The Morgan fingerprint density at radius 3 is 2.20 bits per heavy atom. The van der Waals surface area contributed by atoms with Crippen LogP contribution < -0.4 is 5.32 Å². The third kappa shape index (κ3) is 6.12. The second-order valence-electron chi connectivity index (χ2n) is 10.9. The van der Waals surface area contributed by atoms with Gasteiger partial charge >= 0.3 is 12.1 Å². The smallest absolute Gasteiger partial charge is 0.407 e. The lowest BCUT2D eigenvalue weighted by molar-refractivity contribution is -0.157. The van der Waals surface area contributed by atoms with Crippen molar-refractivity contribution in [2.75, 3.05) is 13.2 Å². The van der Waals surface area contributed by atoms with Crippen LogP contribution in [0, 0.1) is 5.92 Å². The molecule has 8 heteroatoms. The highest BCUT2D eigenvalue weighted by Crippen LogP contribution is 2.44. The molecule has 1 saturated heterocycles. The van der Waals surface area contributed by atoms with Gasteiger partial charge in [0.2, 0.25) is 5.91 Å². The van der Waals surface area contributed by atoms with E-state index in [1.54, 1.807) is 6.92 Å². The van der Waals surface area contributed by atoms with E-state index >= 15 is 0 Å². The molecule has 1 aliphatic carbocycles. The standard InChI is InChI=1S/C33H36N2O6/c1-21-11-10-18-35(30(21)32(37)38)31(36)29(22(2)40-19-23-12-4-3-5-13-23)34-33(39)41-20-28-26-16-8-6-14-24(26)25-15-7-9-17-27(25)28/h3-9,12-17,21-22,28-30H,10-11,18-20H2,1-2H3,(H,34,39)(H,37,38). The Balaban J connectivity index is 1.32. The number of rotatable bonds is 9. The quantitative estimate of drug-likeness (QED) is 0.375. The van der Waals surface area contributed by atoms with Crippen LogP contribution in [0.25, 0.3) is 11.1 Å². The fraction of sp³-hybridized carbons (Fsp3) is 0.364. The van der Waals surface area contributed by atoms with Crippen LogP contribution in [0.5, 0.6) is 0 Å². The Bertz CT molecular complexity index is 1350. The van der Waals surface area contributed by atoms with E-state index in [1.165, 1.54) is 4.90 Å². The van der Waals surface area contributed by atoms with Crippen molar-refractivity contribution in [1.29, 1.82) is 0 Å². The molecule has 2 N–H and O–H groups in total. The second kappa shape index (κ2) is 12.6. The van der Waals surface area contributed by atoms with Gasteiger partial charge in [0.05, 0.1) is 12.7 Å². The average Bonchev–Trinajstić information content (AvgIpc) is 3.31. The number of carbonyl (C=O) groups is 3. The van der Waals surface area contributed by atoms with Crippen molar-refractivity contribution in [1.82, 2.24) is 10.2 Å². The summed E-state index contributed by atoms with van der Waals surface area (Å²) in [6.07, 6.45) is -0.0917. The Morgan fingerprint density at radius 1 is 0.951 bits per heavy atom. The maximum Gasteiger partial charge on any atom is 0.407 e. The van der Waals surface area contributed by atoms with Crippen molar-refractivity contribution in [2.45, 2.75) is 57.4 Å². The summed E-state index contributed by atoms with van der Waals surface area (Å²) < 4.78 is 11.8. The van der Waals surface area contributed by atoms with E-state index in [2.05, 4.69) is 17.4 Å². The number of alkyl carbamates (subject to hydrolysis) is 1. The summed E-state index contributed by atoms with van der Waals surface area (Å²) in [7, 11) is 0. The van der Waals surface area contributed by atoms with Crippen molar-refractivity contribution in [3.05, 3.63) is 95.6 Å². The molecular weight excluding hydrogens is 520 g/mol. The molecule has 0 spiro atoms. The predicted octanol–water partition coefficient (Wildman–Crippen LogP) is 5.21. The predicted molar refractivity (Wildman–Crippen MR) is 154 cm³/mol. The summed E-state index contributed by atoms with van der Waals surface area (Å²) in [6, 6.07) is 23.6. The molecule has 1 fully saturated rings. The van der Waals surface area contributed by atoms with Crippen LogP contribution in [0.3, 0.4) is 0 Å². The fourth-order valence-electron chi connectivity index (χ4n) is 6.04. The number of benzene rings is 3. The van der Waals surface area contributed by atoms with E-state index in [1.807, 2.05) is 73.7 Å². The van der Waals surface area contributed by atoms with E-state index in [4.69, 9.17) is 9.47 Å². The molecule has 0 aromatic heterocycles. The lowest BCUT2D eigenvalue weighted by Crippen LogP contribution is -2.60. The highest BCUT2D eigenvalue weighted by Gasteiger charge is 2.42. The zero-order chi connectivity index (χ0) is 28.9. The normalized spacial score (nSPS) is 19.5. The number of hydrogen-bond donors (Lipinski definition) is 2. The van der Waals surface area contributed by atoms with Gasteiger partial charge in [-0.15, -0.1) is 0 Å². The number of fused-ring (bicyclic) bond motifs is 3. The van der Waals surface area contributed by atoms with Crippen molar-refractivity contribution in [3.8, 4) is 11.1 Å². The number of aliphatic carboxylic acids is 1. The van der Waals surface area contributed by atoms with Crippen LogP contribution >= 0.6 is 0 Å². The first-order chi connectivity index (χ1) is 19.8. The molecular formula is C33H36N2O6. The van der Waals surface area contributed by atoms with Gasteiger partial charge < -0.3 is 24.8 Å². The zero-order valence-corrected chi connectivity index (χ0v) is 23.4. The summed E-state index contributed by atoms with van der Waals surface area (Å²) >= 11 is 0. The molecule has 3 aromatic rings. The molecule has 0 bridgehead atoms. The maximum atomic E-state index is 13.8. The Morgan fingerprint density at radius 2 is 1.56 bits per heavy atom. The average molecular weight is 557 g/mol. The molecule has 2 aliphatic rings. The number of carbonyl (C=O) groups excluding carboxylic acids is 2. The van der Waals surface area contributed by atoms with Crippen LogP contribution in [-0.2, 0) is 25.7 Å². The first-order valence-electron chi connectivity index (χ1n) is 14.2. The van der Waals surface area contributed by atoms with Crippen molar-refractivity contribution < 1.29 is 29.0 Å².